The minimum absolute atomic E-state index is 0.0249. The van der Waals surface area contributed by atoms with Crippen LogP contribution in [0.25, 0.3) is 0 Å². The molecule has 1 saturated carbocycles. The van der Waals surface area contributed by atoms with E-state index in [0.29, 0.717) is 6.04 Å². The maximum absolute atomic E-state index is 11.8. The van der Waals surface area contributed by atoms with Crippen LogP contribution in [-0.2, 0) is 0 Å². The largest absolute Gasteiger partial charge is 0.335 e. The Morgan fingerprint density at radius 2 is 1.88 bits per heavy atom. The molecule has 1 unspecified atom stereocenters. The van der Waals surface area contributed by atoms with Crippen molar-refractivity contribution in [3.8, 4) is 0 Å². The third kappa shape index (κ3) is 5.94. The Hall–Kier alpha value is -0.730. The molecule has 0 heterocycles. The molecular formula is C14H28N2O. The van der Waals surface area contributed by atoms with Crippen LogP contribution >= 0.6 is 0 Å². The van der Waals surface area contributed by atoms with E-state index in [9.17, 15) is 4.79 Å². The molecule has 3 nitrogen and oxygen atoms in total. The number of nitrogens with one attached hydrogen (secondary N) is 2. The van der Waals surface area contributed by atoms with Crippen molar-refractivity contribution < 1.29 is 4.79 Å². The third-order valence-corrected chi connectivity index (χ3v) is 3.46. The molecule has 0 bridgehead atoms. The molecule has 1 rings (SSSR count). The van der Waals surface area contributed by atoms with Crippen molar-refractivity contribution in [3.05, 3.63) is 0 Å². The van der Waals surface area contributed by atoms with E-state index in [1.54, 1.807) is 0 Å². The summed E-state index contributed by atoms with van der Waals surface area (Å²) in [6.45, 7) is 6.57. The van der Waals surface area contributed by atoms with Crippen LogP contribution < -0.4 is 10.6 Å². The van der Waals surface area contributed by atoms with Crippen LogP contribution in [0.2, 0.25) is 0 Å². The summed E-state index contributed by atoms with van der Waals surface area (Å²) in [6, 6.07) is 0.469. The van der Waals surface area contributed by atoms with Crippen LogP contribution in [0.15, 0.2) is 0 Å². The molecule has 0 aromatic carbocycles. The molecule has 1 fully saturated rings. The molecule has 0 saturated heterocycles. The fourth-order valence-electron chi connectivity index (χ4n) is 2.29. The van der Waals surface area contributed by atoms with Crippen LogP contribution in [-0.4, -0.2) is 17.6 Å². The van der Waals surface area contributed by atoms with E-state index in [4.69, 9.17) is 0 Å². The van der Waals surface area contributed by atoms with Crippen molar-refractivity contribution in [2.24, 2.45) is 0 Å². The van der Waals surface area contributed by atoms with Crippen molar-refractivity contribution in [1.29, 1.82) is 0 Å². The standard InChI is InChI=1S/C14H28N2O/c1-4-6-7-11-14(3,10-5-2)16-13(17)15-12-8-9-12/h12H,4-11H2,1-3H3,(H2,15,16,17). The lowest BCUT2D eigenvalue weighted by atomic mass is 9.90. The van der Waals surface area contributed by atoms with Crippen molar-refractivity contribution in [2.45, 2.75) is 83.7 Å². The van der Waals surface area contributed by atoms with Gasteiger partial charge >= 0.3 is 6.03 Å². The van der Waals surface area contributed by atoms with Gasteiger partial charge in [-0.15, -0.1) is 0 Å². The minimum Gasteiger partial charge on any atom is -0.335 e. The van der Waals surface area contributed by atoms with Crippen LogP contribution in [0.4, 0.5) is 4.79 Å². The van der Waals surface area contributed by atoms with Gasteiger partial charge in [-0.05, 0) is 32.6 Å². The fourth-order valence-corrected chi connectivity index (χ4v) is 2.29. The number of amides is 2. The summed E-state index contributed by atoms with van der Waals surface area (Å²) in [5.74, 6) is 0. The second-order valence-corrected chi connectivity index (χ2v) is 5.64. The van der Waals surface area contributed by atoms with Crippen LogP contribution in [0.5, 0.6) is 0 Å². The van der Waals surface area contributed by atoms with Gasteiger partial charge < -0.3 is 10.6 Å². The quantitative estimate of drug-likeness (QED) is 0.625. The second-order valence-electron chi connectivity index (χ2n) is 5.64. The number of carbonyl (C=O) groups excluding carboxylic acids is 1. The molecule has 1 atom stereocenters. The van der Waals surface area contributed by atoms with E-state index < -0.39 is 0 Å². The van der Waals surface area contributed by atoms with Crippen molar-refractivity contribution in [3.63, 3.8) is 0 Å². The van der Waals surface area contributed by atoms with Gasteiger partial charge in [0.1, 0.15) is 0 Å². The summed E-state index contributed by atoms with van der Waals surface area (Å²) < 4.78 is 0. The normalized spacial score (nSPS) is 18.5. The molecule has 17 heavy (non-hydrogen) atoms. The number of carbonyl (C=O) groups is 1. The lowest BCUT2D eigenvalue weighted by molar-refractivity contribution is 0.219. The van der Waals surface area contributed by atoms with Gasteiger partial charge in [0.05, 0.1) is 0 Å². The van der Waals surface area contributed by atoms with Crippen LogP contribution in [0.1, 0.15) is 72.1 Å². The average molecular weight is 240 g/mol. The van der Waals surface area contributed by atoms with Gasteiger partial charge in [0.25, 0.3) is 0 Å². The Labute approximate surface area is 106 Å². The van der Waals surface area contributed by atoms with Crippen LogP contribution in [0, 0.1) is 0 Å². The third-order valence-electron chi connectivity index (χ3n) is 3.46. The highest BCUT2D eigenvalue weighted by molar-refractivity contribution is 5.75. The lowest BCUT2D eigenvalue weighted by Crippen LogP contribution is -2.50. The van der Waals surface area contributed by atoms with Gasteiger partial charge in [-0.2, -0.15) is 0 Å². The van der Waals surface area contributed by atoms with Gasteiger partial charge in [-0.25, -0.2) is 4.79 Å². The first-order valence-electron chi connectivity index (χ1n) is 7.18. The molecule has 0 aromatic heterocycles. The zero-order valence-corrected chi connectivity index (χ0v) is 11.6. The zero-order valence-electron chi connectivity index (χ0n) is 11.6. The van der Waals surface area contributed by atoms with Crippen molar-refractivity contribution in [1.82, 2.24) is 10.6 Å². The van der Waals surface area contributed by atoms with Gasteiger partial charge in [0, 0.05) is 11.6 Å². The number of urea groups is 1. The molecule has 0 aromatic rings. The number of rotatable bonds is 8. The topological polar surface area (TPSA) is 41.1 Å². The van der Waals surface area contributed by atoms with Gasteiger partial charge in [0.2, 0.25) is 0 Å². The first-order valence-corrected chi connectivity index (χ1v) is 7.18. The summed E-state index contributed by atoms with van der Waals surface area (Å²) in [5, 5.41) is 6.18. The maximum Gasteiger partial charge on any atom is 0.315 e. The zero-order chi connectivity index (χ0) is 12.7. The van der Waals surface area contributed by atoms with Gasteiger partial charge in [-0.1, -0.05) is 39.5 Å². The molecule has 2 N–H and O–H groups in total. The number of hydrogen-bond acceptors (Lipinski definition) is 1. The Morgan fingerprint density at radius 1 is 1.18 bits per heavy atom. The van der Waals surface area contributed by atoms with Gasteiger partial charge in [-0.3, -0.25) is 0 Å². The highest BCUT2D eigenvalue weighted by Gasteiger charge is 2.28. The molecule has 1 aliphatic rings. The molecule has 1 aliphatic carbocycles. The molecule has 2 amide bonds. The molecular weight excluding hydrogens is 212 g/mol. The Bertz CT molecular complexity index is 238. The summed E-state index contributed by atoms with van der Waals surface area (Å²) in [7, 11) is 0. The van der Waals surface area contributed by atoms with E-state index in [1.807, 2.05) is 0 Å². The summed E-state index contributed by atoms with van der Waals surface area (Å²) in [6.07, 6.45) is 9.26. The van der Waals surface area contributed by atoms with Crippen molar-refractivity contribution >= 4 is 6.03 Å². The fraction of sp³-hybridized carbons (Fsp3) is 0.929. The number of unbranched alkanes of at least 4 members (excludes halogenated alkanes) is 2. The first-order chi connectivity index (χ1) is 8.09. The van der Waals surface area contributed by atoms with Crippen molar-refractivity contribution in [2.75, 3.05) is 0 Å². The first kappa shape index (κ1) is 14.3. The monoisotopic (exact) mass is 240 g/mol. The van der Waals surface area contributed by atoms with Crippen LogP contribution in [0.3, 0.4) is 0 Å². The predicted octanol–water partition coefficient (Wildman–Crippen LogP) is 3.59. The molecule has 0 radical (unpaired) electrons. The Morgan fingerprint density at radius 3 is 2.41 bits per heavy atom. The molecule has 0 spiro atoms. The van der Waals surface area contributed by atoms with Gasteiger partial charge in [0.15, 0.2) is 0 Å². The smallest absolute Gasteiger partial charge is 0.315 e. The minimum atomic E-state index is -0.0249. The molecule has 3 heteroatoms. The highest BCUT2D eigenvalue weighted by Crippen LogP contribution is 2.22. The highest BCUT2D eigenvalue weighted by atomic mass is 16.2. The summed E-state index contributed by atoms with van der Waals surface area (Å²) in [5.41, 5.74) is -0.0249. The van der Waals surface area contributed by atoms with E-state index in [-0.39, 0.29) is 11.6 Å². The SMILES string of the molecule is CCCCCC(C)(CCC)NC(=O)NC1CC1. The van der Waals surface area contributed by atoms with E-state index in [1.165, 1.54) is 19.3 Å². The Kier molecular flexibility index (Phi) is 5.79. The molecule has 100 valence electrons. The van der Waals surface area contributed by atoms with E-state index in [2.05, 4.69) is 31.4 Å². The van der Waals surface area contributed by atoms with E-state index >= 15 is 0 Å². The number of hydrogen-bond donors (Lipinski definition) is 2. The summed E-state index contributed by atoms with van der Waals surface area (Å²) in [4.78, 5) is 11.8. The lowest BCUT2D eigenvalue weighted by Gasteiger charge is -2.31. The summed E-state index contributed by atoms with van der Waals surface area (Å²) >= 11 is 0. The second kappa shape index (κ2) is 6.87. The molecule has 0 aliphatic heterocycles. The predicted molar refractivity (Wildman–Crippen MR) is 72.1 cm³/mol. The maximum atomic E-state index is 11.8. The Balaban J connectivity index is 2.34. The van der Waals surface area contributed by atoms with E-state index in [0.717, 1.165) is 32.1 Å². The average Bonchev–Trinajstić information content (AvgIpc) is 3.01.